The molecule has 0 unspecified atom stereocenters. The van der Waals surface area contributed by atoms with E-state index in [1.54, 1.807) is 36.5 Å². The number of hydrogen-bond donors (Lipinski definition) is 1. The molecule has 0 aliphatic heterocycles. The Labute approximate surface area is 135 Å². The predicted molar refractivity (Wildman–Crippen MR) is 88.2 cm³/mol. The number of carbonyl (C=O) groups is 1. The van der Waals surface area contributed by atoms with Gasteiger partial charge in [-0.3, -0.25) is 4.79 Å². The Kier molecular flexibility index (Phi) is 5.57. The third-order valence-electron chi connectivity index (χ3n) is 3.53. The molecule has 1 heterocycles. The molecule has 23 heavy (non-hydrogen) atoms. The summed E-state index contributed by atoms with van der Waals surface area (Å²) in [6.07, 6.45) is 2.51. The van der Waals surface area contributed by atoms with Crippen molar-refractivity contribution < 1.29 is 14.6 Å². The summed E-state index contributed by atoms with van der Waals surface area (Å²) < 4.78 is 7.02. The summed E-state index contributed by atoms with van der Waals surface area (Å²) in [6, 6.07) is 10.0. The van der Waals surface area contributed by atoms with Gasteiger partial charge in [-0.25, -0.2) is 4.79 Å². The normalized spacial score (nSPS) is 10.7. The number of aromatic carboxylic acids is 1. The number of carboxylic acid groups (broad SMARTS) is 1. The van der Waals surface area contributed by atoms with Crippen LogP contribution in [0.2, 0.25) is 0 Å². The van der Waals surface area contributed by atoms with Crippen LogP contribution in [0.3, 0.4) is 0 Å². The zero-order valence-electron chi connectivity index (χ0n) is 13.4. The molecular weight excluding hydrogens is 294 g/mol. The van der Waals surface area contributed by atoms with Crippen molar-refractivity contribution in [2.24, 2.45) is 5.92 Å². The monoisotopic (exact) mass is 315 g/mol. The van der Waals surface area contributed by atoms with Crippen LogP contribution in [-0.2, 0) is 6.54 Å². The Morgan fingerprint density at radius 2 is 1.96 bits per heavy atom. The van der Waals surface area contributed by atoms with E-state index in [1.165, 1.54) is 10.6 Å². The molecule has 1 aromatic carbocycles. The average Bonchev–Trinajstić information content (AvgIpc) is 2.51. The Hall–Kier alpha value is -2.56. The number of ether oxygens (including phenoxy) is 1. The average molecular weight is 315 g/mol. The summed E-state index contributed by atoms with van der Waals surface area (Å²) in [5.41, 5.74) is 0.531. The third-order valence-corrected chi connectivity index (χ3v) is 3.53. The smallest absolute Gasteiger partial charge is 0.336 e. The molecule has 5 nitrogen and oxygen atoms in total. The number of pyridine rings is 1. The largest absolute Gasteiger partial charge is 0.488 e. The van der Waals surface area contributed by atoms with Gasteiger partial charge in [-0.1, -0.05) is 32.0 Å². The van der Waals surface area contributed by atoms with Gasteiger partial charge < -0.3 is 14.4 Å². The minimum Gasteiger partial charge on any atom is -0.488 e. The number of rotatable bonds is 7. The molecule has 2 aromatic rings. The van der Waals surface area contributed by atoms with E-state index in [-0.39, 0.29) is 17.7 Å². The van der Waals surface area contributed by atoms with Crippen molar-refractivity contribution in [2.75, 3.05) is 6.61 Å². The summed E-state index contributed by atoms with van der Waals surface area (Å²) in [5, 5.41) is 9.22. The van der Waals surface area contributed by atoms with E-state index >= 15 is 0 Å². The molecule has 0 radical (unpaired) electrons. The predicted octanol–water partition coefficient (Wildman–Crippen LogP) is 3.02. The van der Waals surface area contributed by atoms with E-state index in [1.807, 2.05) is 0 Å². The molecule has 2 rings (SSSR count). The fourth-order valence-corrected chi connectivity index (χ4v) is 2.20. The summed E-state index contributed by atoms with van der Waals surface area (Å²) in [6.45, 7) is 4.87. The number of nitrogens with zero attached hydrogens (tertiary/aromatic N) is 1. The molecule has 5 heteroatoms. The summed E-state index contributed by atoms with van der Waals surface area (Å²) in [5.74, 6) is -0.206. The third kappa shape index (κ3) is 4.45. The van der Waals surface area contributed by atoms with Crippen LogP contribution in [-0.4, -0.2) is 22.2 Å². The van der Waals surface area contributed by atoms with Crippen LogP contribution < -0.4 is 10.3 Å². The second-order valence-electron chi connectivity index (χ2n) is 5.80. The van der Waals surface area contributed by atoms with Gasteiger partial charge in [-0.2, -0.15) is 0 Å². The van der Waals surface area contributed by atoms with Gasteiger partial charge in [0.05, 0.1) is 18.7 Å². The van der Waals surface area contributed by atoms with Crippen LogP contribution in [0.5, 0.6) is 5.75 Å². The van der Waals surface area contributed by atoms with Gasteiger partial charge in [0.15, 0.2) is 5.75 Å². The lowest BCUT2D eigenvalue weighted by atomic mass is 10.1. The Morgan fingerprint density at radius 3 is 2.65 bits per heavy atom. The maximum atomic E-state index is 12.4. The highest BCUT2D eigenvalue weighted by Gasteiger charge is 2.11. The maximum absolute atomic E-state index is 12.4. The van der Waals surface area contributed by atoms with Crippen LogP contribution in [0, 0.1) is 5.92 Å². The lowest BCUT2D eigenvalue weighted by Gasteiger charge is -2.11. The quantitative estimate of drug-likeness (QED) is 0.853. The molecule has 0 spiro atoms. The van der Waals surface area contributed by atoms with Crippen molar-refractivity contribution in [1.29, 1.82) is 0 Å². The standard InChI is InChI=1S/C18H21NO4/c1-13(2)9-11-23-16-8-5-10-19(17(16)20)12-14-6-3-4-7-15(14)18(21)22/h3-8,10,13H,9,11-12H2,1-2H3,(H,21,22). The van der Waals surface area contributed by atoms with E-state index in [4.69, 9.17) is 4.74 Å². The van der Waals surface area contributed by atoms with Gasteiger partial charge in [-0.15, -0.1) is 0 Å². The first-order chi connectivity index (χ1) is 11.0. The van der Waals surface area contributed by atoms with Crippen molar-refractivity contribution in [2.45, 2.75) is 26.8 Å². The van der Waals surface area contributed by atoms with Crippen molar-refractivity contribution in [3.63, 3.8) is 0 Å². The summed E-state index contributed by atoms with van der Waals surface area (Å²) in [7, 11) is 0. The molecule has 1 N–H and O–H groups in total. The van der Waals surface area contributed by atoms with Gasteiger partial charge in [0, 0.05) is 6.20 Å². The molecule has 122 valence electrons. The molecule has 0 saturated heterocycles. The first kappa shape index (κ1) is 16.8. The SMILES string of the molecule is CC(C)CCOc1cccn(Cc2ccccc2C(=O)O)c1=O. The Balaban J connectivity index is 2.21. The number of aromatic nitrogens is 1. The van der Waals surface area contributed by atoms with Gasteiger partial charge in [0.2, 0.25) is 0 Å². The number of hydrogen-bond acceptors (Lipinski definition) is 3. The van der Waals surface area contributed by atoms with E-state index in [0.717, 1.165) is 6.42 Å². The zero-order valence-corrected chi connectivity index (χ0v) is 13.4. The van der Waals surface area contributed by atoms with E-state index < -0.39 is 5.97 Å². The molecular formula is C18H21NO4. The molecule has 0 bridgehead atoms. The van der Waals surface area contributed by atoms with Gasteiger partial charge in [0.1, 0.15) is 0 Å². The minimum atomic E-state index is -1.00. The van der Waals surface area contributed by atoms with Crippen LogP contribution in [0.4, 0.5) is 0 Å². The van der Waals surface area contributed by atoms with Crippen LogP contribution in [0.25, 0.3) is 0 Å². The van der Waals surface area contributed by atoms with E-state index in [0.29, 0.717) is 23.8 Å². The van der Waals surface area contributed by atoms with Crippen molar-refractivity contribution in [1.82, 2.24) is 4.57 Å². The Bertz CT molecular complexity index is 734. The summed E-state index contributed by atoms with van der Waals surface area (Å²) in [4.78, 5) is 23.7. The molecule has 1 aromatic heterocycles. The lowest BCUT2D eigenvalue weighted by molar-refractivity contribution is 0.0695. The maximum Gasteiger partial charge on any atom is 0.336 e. The molecule has 0 atom stereocenters. The van der Waals surface area contributed by atoms with E-state index in [2.05, 4.69) is 13.8 Å². The molecule has 0 saturated carbocycles. The fraction of sp³-hybridized carbons (Fsp3) is 0.333. The molecule has 0 fully saturated rings. The van der Waals surface area contributed by atoms with Crippen molar-refractivity contribution in [3.05, 3.63) is 64.1 Å². The topological polar surface area (TPSA) is 68.5 Å². The second kappa shape index (κ2) is 7.63. The van der Waals surface area contributed by atoms with Crippen LogP contribution in [0.15, 0.2) is 47.4 Å². The molecule has 0 amide bonds. The first-order valence-electron chi connectivity index (χ1n) is 7.62. The molecule has 0 aliphatic carbocycles. The highest BCUT2D eigenvalue weighted by atomic mass is 16.5. The first-order valence-corrected chi connectivity index (χ1v) is 7.62. The van der Waals surface area contributed by atoms with Gasteiger partial charge in [-0.05, 0) is 36.1 Å². The lowest BCUT2D eigenvalue weighted by Crippen LogP contribution is -2.23. The second-order valence-corrected chi connectivity index (χ2v) is 5.80. The van der Waals surface area contributed by atoms with E-state index in [9.17, 15) is 14.7 Å². The fourth-order valence-electron chi connectivity index (χ4n) is 2.20. The van der Waals surface area contributed by atoms with Gasteiger partial charge >= 0.3 is 5.97 Å². The number of carboxylic acids is 1. The number of benzene rings is 1. The molecule has 0 aliphatic rings. The summed E-state index contributed by atoms with van der Waals surface area (Å²) >= 11 is 0. The van der Waals surface area contributed by atoms with Crippen molar-refractivity contribution in [3.8, 4) is 5.75 Å². The minimum absolute atomic E-state index is 0.197. The highest BCUT2D eigenvalue weighted by molar-refractivity contribution is 5.89. The Morgan fingerprint density at radius 1 is 1.22 bits per heavy atom. The highest BCUT2D eigenvalue weighted by Crippen LogP contribution is 2.11. The van der Waals surface area contributed by atoms with Crippen LogP contribution in [0.1, 0.15) is 36.2 Å². The zero-order chi connectivity index (χ0) is 16.8. The van der Waals surface area contributed by atoms with Crippen molar-refractivity contribution >= 4 is 5.97 Å². The van der Waals surface area contributed by atoms with Gasteiger partial charge in [0.25, 0.3) is 5.56 Å². The van der Waals surface area contributed by atoms with Crippen LogP contribution >= 0.6 is 0 Å².